The average molecular weight is 448 g/mol. The molecule has 2 aliphatic rings. The first-order valence-corrected chi connectivity index (χ1v) is 10.5. The molecule has 2 saturated heterocycles. The second-order valence-electron chi connectivity index (χ2n) is 8.92. The Morgan fingerprint density at radius 3 is 2.41 bits per heavy atom. The quantitative estimate of drug-likeness (QED) is 0.540. The minimum Gasteiger partial charge on any atom is -0.445 e. The molecule has 0 aromatic heterocycles. The average Bonchev–Trinajstić information content (AvgIpc) is 3.17. The molecule has 1 aromatic rings. The minimum atomic E-state index is -0.630. The molecule has 0 radical (unpaired) electrons. The van der Waals surface area contributed by atoms with Gasteiger partial charge in [0.05, 0.1) is 11.0 Å². The van der Waals surface area contributed by atoms with E-state index in [4.69, 9.17) is 9.47 Å². The second kappa shape index (κ2) is 9.41. The maximum Gasteiger partial charge on any atom is 0.410 e. The summed E-state index contributed by atoms with van der Waals surface area (Å²) in [5.41, 5.74) is -0.0108. The van der Waals surface area contributed by atoms with Crippen LogP contribution < -0.4 is 5.32 Å². The van der Waals surface area contributed by atoms with Crippen LogP contribution in [0.2, 0.25) is 0 Å². The van der Waals surface area contributed by atoms with Gasteiger partial charge in [-0.05, 0) is 51.3 Å². The lowest BCUT2D eigenvalue weighted by Gasteiger charge is -2.40. The number of non-ortho nitro benzene ring substituents is 1. The van der Waals surface area contributed by atoms with Crippen molar-refractivity contribution in [2.45, 2.75) is 57.9 Å². The first-order chi connectivity index (χ1) is 15.0. The lowest BCUT2D eigenvalue weighted by molar-refractivity contribution is -0.384. The number of carbonyl (C=O) groups excluding carboxylic acids is 3. The van der Waals surface area contributed by atoms with Gasteiger partial charge in [0.2, 0.25) is 5.91 Å². The Labute approximate surface area is 185 Å². The third-order valence-electron chi connectivity index (χ3n) is 5.18. The van der Waals surface area contributed by atoms with Crippen molar-refractivity contribution in [3.05, 3.63) is 39.9 Å². The van der Waals surface area contributed by atoms with Gasteiger partial charge in [-0.25, -0.2) is 9.59 Å². The highest BCUT2D eigenvalue weighted by Gasteiger charge is 2.39. The van der Waals surface area contributed by atoms with Crippen LogP contribution in [0.15, 0.2) is 24.3 Å². The van der Waals surface area contributed by atoms with Gasteiger partial charge < -0.3 is 19.7 Å². The number of ether oxygens (including phenoxy) is 2. The Morgan fingerprint density at radius 2 is 1.81 bits per heavy atom. The summed E-state index contributed by atoms with van der Waals surface area (Å²) in [7, 11) is 0. The minimum absolute atomic E-state index is 0.0439. The lowest BCUT2D eigenvalue weighted by Crippen LogP contribution is -2.63. The Hall–Kier alpha value is -3.37. The molecule has 0 unspecified atom stereocenters. The zero-order chi connectivity index (χ0) is 23.5. The van der Waals surface area contributed by atoms with Crippen molar-refractivity contribution in [1.82, 2.24) is 15.1 Å². The van der Waals surface area contributed by atoms with Gasteiger partial charge in [0.1, 0.15) is 18.2 Å². The summed E-state index contributed by atoms with van der Waals surface area (Å²) in [6, 6.07) is 4.91. The maximum atomic E-state index is 12.7. The first kappa shape index (κ1) is 23.3. The summed E-state index contributed by atoms with van der Waals surface area (Å²) in [4.78, 5) is 50.3. The highest BCUT2D eigenvalue weighted by atomic mass is 16.6. The third-order valence-corrected chi connectivity index (χ3v) is 5.18. The van der Waals surface area contributed by atoms with Crippen LogP contribution >= 0.6 is 0 Å². The van der Waals surface area contributed by atoms with E-state index in [9.17, 15) is 24.5 Å². The Morgan fingerprint density at radius 1 is 1.16 bits per heavy atom. The largest absolute Gasteiger partial charge is 0.445 e. The van der Waals surface area contributed by atoms with Gasteiger partial charge in [0.25, 0.3) is 5.69 Å². The molecule has 3 amide bonds. The number of benzene rings is 1. The smallest absolute Gasteiger partial charge is 0.410 e. The van der Waals surface area contributed by atoms with E-state index in [1.165, 1.54) is 34.1 Å². The number of carbonyl (C=O) groups is 3. The predicted octanol–water partition coefficient (Wildman–Crippen LogP) is 2.43. The van der Waals surface area contributed by atoms with E-state index >= 15 is 0 Å². The molecule has 11 heteroatoms. The summed E-state index contributed by atoms with van der Waals surface area (Å²) in [5.74, 6) is -0.274. The maximum absolute atomic E-state index is 12.7. The molecule has 0 saturated carbocycles. The van der Waals surface area contributed by atoms with Crippen LogP contribution in [0, 0.1) is 10.1 Å². The van der Waals surface area contributed by atoms with Crippen molar-refractivity contribution < 1.29 is 28.8 Å². The zero-order valence-corrected chi connectivity index (χ0v) is 18.4. The van der Waals surface area contributed by atoms with E-state index in [0.717, 1.165) is 0 Å². The van der Waals surface area contributed by atoms with Crippen LogP contribution in [0.25, 0.3) is 0 Å². The number of likely N-dealkylation sites (tertiary alicyclic amines) is 2. The summed E-state index contributed by atoms with van der Waals surface area (Å²) < 4.78 is 10.6. The number of nitro benzene ring substituents is 1. The van der Waals surface area contributed by atoms with E-state index in [-0.39, 0.29) is 24.2 Å². The van der Waals surface area contributed by atoms with E-state index in [1.807, 2.05) is 0 Å². The van der Waals surface area contributed by atoms with Gasteiger partial charge in [-0.2, -0.15) is 0 Å². The first-order valence-electron chi connectivity index (χ1n) is 10.5. The molecule has 0 aliphatic carbocycles. The Bertz CT molecular complexity index is 875. The zero-order valence-electron chi connectivity index (χ0n) is 18.4. The topological polar surface area (TPSA) is 131 Å². The fourth-order valence-corrected chi connectivity index (χ4v) is 3.54. The third kappa shape index (κ3) is 5.86. The summed E-state index contributed by atoms with van der Waals surface area (Å²) in [6.45, 7) is 6.45. The molecule has 174 valence electrons. The normalized spacial score (nSPS) is 18.7. The second-order valence-corrected chi connectivity index (χ2v) is 8.92. The molecule has 1 N–H and O–H groups in total. The molecule has 1 atom stereocenters. The van der Waals surface area contributed by atoms with Crippen molar-refractivity contribution in [3.63, 3.8) is 0 Å². The summed E-state index contributed by atoms with van der Waals surface area (Å²) in [5, 5.41) is 13.6. The SMILES string of the molecule is CC(C)(C)OC(=O)N1CC(NC(=O)[C@@H]2CCCN2C(=O)OCc2ccc([N+](=O)[O-])cc2)C1. The Balaban J connectivity index is 1.45. The van der Waals surface area contributed by atoms with Crippen LogP contribution in [-0.4, -0.2) is 70.1 Å². The molecule has 32 heavy (non-hydrogen) atoms. The molecule has 2 aliphatic heterocycles. The van der Waals surface area contributed by atoms with Gasteiger partial charge in [-0.15, -0.1) is 0 Å². The monoisotopic (exact) mass is 448 g/mol. The molecule has 1 aromatic carbocycles. The fourth-order valence-electron chi connectivity index (χ4n) is 3.54. The number of hydrogen-bond donors (Lipinski definition) is 1. The van der Waals surface area contributed by atoms with Crippen molar-refractivity contribution in [2.75, 3.05) is 19.6 Å². The standard InChI is InChI=1S/C21H28N4O7/c1-21(2,3)32-19(27)23-11-15(12-23)22-18(26)17-5-4-10-24(17)20(28)31-13-14-6-8-16(9-7-14)25(29)30/h6-9,15,17H,4-5,10-13H2,1-3H3,(H,22,26)/t17-/m0/s1. The molecule has 3 rings (SSSR count). The number of amides is 3. The number of rotatable bonds is 5. The molecule has 11 nitrogen and oxygen atoms in total. The van der Waals surface area contributed by atoms with Crippen LogP contribution in [0.1, 0.15) is 39.2 Å². The van der Waals surface area contributed by atoms with E-state index < -0.39 is 28.8 Å². The molecule has 2 heterocycles. The van der Waals surface area contributed by atoms with Crippen LogP contribution in [0.3, 0.4) is 0 Å². The van der Waals surface area contributed by atoms with Crippen molar-refractivity contribution in [3.8, 4) is 0 Å². The van der Waals surface area contributed by atoms with Crippen molar-refractivity contribution in [1.29, 1.82) is 0 Å². The van der Waals surface area contributed by atoms with Crippen LogP contribution in [0.4, 0.5) is 15.3 Å². The molecular weight excluding hydrogens is 420 g/mol. The van der Waals surface area contributed by atoms with Gasteiger partial charge >= 0.3 is 12.2 Å². The van der Waals surface area contributed by atoms with Crippen LogP contribution in [0.5, 0.6) is 0 Å². The number of hydrogen-bond acceptors (Lipinski definition) is 7. The van der Waals surface area contributed by atoms with E-state index in [2.05, 4.69) is 5.32 Å². The molecule has 2 fully saturated rings. The Kier molecular flexibility index (Phi) is 6.85. The summed E-state index contributed by atoms with van der Waals surface area (Å²) in [6.07, 6.45) is 0.186. The summed E-state index contributed by atoms with van der Waals surface area (Å²) >= 11 is 0. The van der Waals surface area contributed by atoms with Crippen molar-refractivity contribution >= 4 is 23.8 Å². The molecule has 0 bridgehead atoms. The molecular formula is C21H28N4O7. The van der Waals surface area contributed by atoms with E-state index in [0.29, 0.717) is 38.0 Å². The van der Waals surface area contributed by atoms with Gasteiger partial charge in [0, 0.05) is 31.8 Å². The van der Waals surface area contributed by atoms with Gasteiger partial charge in [-0.1, -0.05) is 0 Å². The highest BCUT2D eigenvalue weighted by Crippen LogP contribution is 2.21. The van der Waals surface area contributed by atoms with Crippen molar-refractivity contribution in [2.24, 2.45) is 0 Å². The highest BCUT2D eigenvalue weighted by molar-refractivity contribution is 5.86. The van der Waals surface area contributed by atoms with Gasteiger partial charge in [0.15, 0.2) is 0 Å². The van der Waals surface area contributed by atoms with E-state index in [1.54, 1.807) is 20.8 Å². The molecule has 0 spiro atoms. The van der Waals surface area contributed by atoms with Crippen LogP contribution in [-0.2, 0) is 20.9 Å². The predicted molar refractivity (Wildman–Crippen MR) is 113 cm³/mol. The number of nitro groups is 1. The number of nitrogens with zero attached hydrogens (tertiary/aromatic N) is 3. The fraction of sp³-hybridized carbons (Fsp3) is 0.571. The van der Waals surface area contributed by atoms with Gasteiger partial charge in [-0.3, -0.25) is 19.8 Å². The number of nitrogens with one attached hydrogen (secondary N) is 1. The lowest BCUT2D eigenvalue weighted by atomic mass is 10.1.